The van der Waals surface area contributed by atoms with Gasteiger partial charge in [-0.3, -0.25) is 4.79 Å². The second-order valence-electron chi connectivity index (χ2n) is 4.59. The molecule has 0 spiro atoms. The van der Waals surface area contributed by atoms with Crippen molar-refractivity contribution in [2.24, 2.45) is 0 Å². The molecule has 1 atom stereocenters. The first kappa shape index (κ1) is 13.6. The van der Waals surface area contributed by atoms with Gasteiger partial charge in [-0.15, -0.1) is 0 Å². The van der Waals surface area contributed by atoms with E-state index in [-0.39, 0.29) is 12.0 Å². The van der Waals surface area contributed by atoms with Crippen molar-refractivity contribution in [1.82, 2.24) is 5.32 Å². The van der Waals surface area contributed by atoms with Gasteiger partial charge in [0.2, 0.25) is 0 Å². The first-order chi connectivity index (χ1) is 8.75. The molecule has 0 bridgehead atoms. The Labute approximate surface area is 116 Å². The molecule has 3 nitrogen and oxygen atoms in total. The Balaban J connectivity index is 1.83. The fraction of sp³-hybridized carbons (Fsp3) is 0.500. The van der Waals surface area contributed by atoms with Gasteiger partial charge in [0.1, 0.15) is 12.6 Å². The van der Waals surface area contributed by atoms with E-state index in [0.29, 0.717) is 6.61 Å². The Morgan fingerprint density at radius 3 is 3.11 bits per heavy atom. The predicted octanol–water partition coefficient (Wildman–Crippen LogP) is 3.02. The van der Waals surface area contributed by atoms with Gasteiger partial charge < -0.3 is 10.1 Å². The van der Waals surface area contributed by atoms with Crippen LogP contribution >= 0.6 is 15.9 Å². The topological polar surface area (TPSA) is 38.3 Å². The highest BCUT2D eigenvalue weighted by Gasteiger charge is 2.20. The molecule has 1 fully saturated rings. The summed E-state index contributed by atoms with van der Waals surface area (Å²) in [6, 6.07) is 7.70. The smallest absolute Gasteiger partial charge is 0.323 e. The highest BCUT2D eigenvalue weighted by atomic mass is 79.9. The third-order valence-electron chi connectivity index (χ3n) is 3.11. The summed E-state index contributed by atoms with van der Waals surface area (Å²) in [5, 5.41) is 3.25. The van der Waals surface area contributed by atoms with Crippen LogP contribution in [0, 0.1) is 0 Å². The highest BCUT2D eigenvalue weighted by Crippen LogP contribution is 2.14. The number of ether oxygens (including phenoxy) is 1. The van der Waals surface area contributed by atoms with Gasteiger partial charge in [0.05, 0.1) is 0 Å². The van der Waals surface area contributed by atoms with E-state index >= 15 is 0 Å². The molecule has 0 saturated carbocycles. The maximum Gasteiger partial charge on any atom is 0.323 e. The third kappa shape index (κ3) is 4.10. The summed E-state index contributed by atoms with van der Waals surface area (Å²) in [5.41, 5.74) is 1.01. The number of esters is 1. The number of benzene rings is 1. The molecule has 0 aromatic heterocycles. The van der Waals surface area contributed by atoms with Gasteiger partial charge in [0.25, 0.3) is 0 Å². The van der Waals surface area contributed by atoms with Crippen molar-refractivity contribution in [2.75, 3.05) is 6.54 Å². The van der Waals surface area contributed by atoms with Crippen molar-refractivity contribution in [3.05, 3.63) is 34.3 Å². The summed E-state index contributed by atoms with van der Waals surface area (Å²) in [5.74, 6) is -0.128. The van der Waals surface area contributed by atoms with Crippen LogP contribution in [0.15, 0.2) is 28.7 Å². The number of hydrogen-bond donors (Lipinski definition) is 1. The fourth-order valence-electron chi connectivity index (χ4n) is 2.11. The van der Waals surface area contributed by atoms with Crippen molar-refractivity contribution in [3.8, 4) is 0 Å². The van der Waals surface area contributed by atoms with Gasteiger partial charge in [-0.05, 0) is 37.1 Å². The predicted molar refractivity (Wildman–Crippen MR) is 74.2 cm³/mol. The van der Waals surface area contributed by atoms with Crippen LogP contribution in [0.5, 0.6) is 0 Å². The van der Waals surface area contributed by atoms with Crippen molar-refractivity contribution >= 4 is 21.9 Å². The first-order valence-corrected chi connectivity index (χ1v) is 7.19. The summed E-state index contributed by atoms with van der Waals surface area (Å²) >= 11 is 3.40. The summed E-state index contributed by atoms with van der Waals surface area (Å²) in [6.07, 6.45) is 4.33. The van der Waals surface area contributed by atoms with Crippen molar-refractivity contribution in [3.63, 3.8) is 0 Å². The molecule has 1 saturated heterocycles. The lowest BCUT2D eigenvalue weighted by Crippen LogP contribution is -2.37. The lowest BCUT2D eigenvalue weighted by Gasteiger charge is -2.14. The summed E-state index contributed by atoms with van der Waals surface area (Å²) in [6.45, 7) is 1.26. The molecule has 0 radical (unpaired) electrons. The number of nitrogens with one attached hydrogen (secondary N) is 1. The molecule has 1 N–H and O–H groups in total. The van der Waals surface area contributed by atoms with Crippen LogP contribution in [0.4, 0.5) is 0 Å². The van der Waals surface area contributed by atoms with Gasteiger partial charge in [0, 0.05) is 4.47 Å². The van der Waals surface area contributed by atoms with Crippen LogP contribution < -0.4 is 5.32 Å². The molecule has 1 aromatic rings. The Bertz CT molecular complexity index is 401. The van der Waals surface area contributed by atoms with Crippen LogP contribution in [0.2, 0.25) is 0 Å². The Morgan fingerprint density at radius 1 is 1.39 bits per heavy atom. The highest BCUT2D eigenvalue weighted by molar-refractivity contribution is 9.10. The molecule has 1 aliphatic rings. The Hall–Kier alpha value is -0.870. The maximum absolute atomic E-state index is 11.9. The Kier molecular flexibility index (Phi) is 5.20. The summed E-state index contributed by atoms with van der Waals surface area (Å²) in [7, 11) is 0. The zero-order valence-corrected chi connectivity index (χ0v) is 11.9. The molecule has 0 amide bonds. The molecule has 1 aromatic carbocycles. The number of rotatable bonds is 3. The van der Waals surface area contributed by atoms with E-state index in [1.54, 1.807) is 0 Å². The van der Waals surface area contributed by atoms with E-state index in [0.717, 1.165) is 35.8 Å². The van der Waals surface area contributed by atoms with E-state index < -0.39 is 0 Å². The van der Waals surface area contributed by atoms with Crippen LogP contribution in [0.3, 0.4) is 0 Å². The second kappa shape index (κ2) is 6.90. The zero-order chi connectivity index (χ0) is 12.8. The molecule has 4 heteroatoms. The molecule has 0 aliphatic carbocycles. The van der Waals surface area contributed by atoms with E-state index in [1.807, 2.05) is 24.3 Å². The normalized spacial score (nSPS) is 20.2. The Morgan fingerprint density at radius 2 is 2.28 bits per heavy atom. The van der Waals surface area contributed by atoms with E-state index in [9.17, 15) is 4.79 Å². The quantitative estimate of drug-likeness (QED) is 0.872. The first-order valence-electron chi connectivity index (χ1n) is 6.40. The van der Waals surface area contributed by atoms with Gasteiger partial charge in [-0.25, -0.2) is 0 Å². The van der Waals surface area contributed by atoms with Gasteiger partial charge in [-0.2, -0.15) is 0 Å². The van der Waals surface area contributed by atoms with Crippen LogP contribution in [-0.2, 0) is 16.1 Å². The maximum atomic E-state index is 11.9. The molecule has 2 rings (SSSR count). The van der Waals surface area contributed by atoms with Crippen molar-refractivity contribution < 1.29 is 9.53 Å². The van der Waals surface area contributed by atoms with Crippen LogP contribution in [-0.4, -0.2) is 18.6 Å². The molecule has 18 heavy (non-hydrogen) atoms. The molecule has 1 aliphatic heterocycles. The van der Waals surface area contributed by atoms with Gasteiger partial charge >= 0.3 is 5.97 Å². The third-order valence-corrected chi connectivity index (χ3v) is 3.61. The second-order valence-corrected chi connectivity index (χ2v) is 5.51. The SMILES string of the molecule is O=C(OCc1cccc(Br)c1)C1CCCCCN1. The number of halogens is 1. The summed E-state index contributed by atoms with van der Waals surface area (Å²) < 4.78 is 6.36. The van der Waals surface area contributed by atoms with Crippen molar-refractivity contribution in [2.45, 2.75) is 38.3 Å². The zero-order valence-electron chi connectivity index (χ0n) is 10.3. The van der Waals surface area contributed by atoms with E-state index in [4.69, 9.17) is 4.74 Å². The standard InChI is InChI=1S/C14H18BrNO2/c15-12-6-4-5-11(9-12)10-18-14(17)13-7-2-1-3-8-16-13/h4-6,9,13,16H,1-3,7-8,10H2. The average Bonchev–Trinajstić information content (AvgIpc) is 2.65. The molecule has 98 valence electrons. The molecular formula is C14H18BrNO2. The molecule has 1 unspecified atom stereocenters. The average molecular weight is 312 g/mol. The summed E-state index contributed by atoms with van der Waals surface area (Å²) in [4.78, 5) is 11.9. The molecule has 1 heterocycles. The number of carbonyl (C=O) groups excluding carboxylic acids is 1. The van der Waals surface area contributed by atoms with Crippen LogP contribution in [0.25, 0.3) is 0 Å². The van der Waals surface area contributed by atoms with E-state index in [1.165, 1.54) is 6.42 Å². The van der Waals surface area contributed by atoms with E-state index in [2.05, 4.69) is 21.2 Å². The van der Waals surface area contributed by atoms with Crippen LogP contribution in [0.1, 0.15) is 31.2 Å². The van der Waals surface area contributed by atoms with Gasteiger partial charge in [0.15, 0.2) is 0 Å². The largest absolute Gasteiger partial charge is 0.460 e. The molecular weight excluding hydrogens is 294 g/mol. The lowest BCUT2D eigenvalue weighted by atomic mass is 10.1. The lowest BCUT2D eigenvalue weighted by molar-refractivity contribution is -0.147. The minimum absolute atomic E-state index is 0.125. The number of carbonyl (C=O) groups is 1. The monoisotopic (exact) mass is 311 g/mol. The number of hydrogen-bond acceptors (Lipinski definition) is 3. The van der Waals surface area contributed by atoms with Gasteiger partial charge in [-0.1, -0.05) is 40.9 Å². The minimum Gasteiger partial charge on any atom is -0.460 e. The minimum atomic E-state index is -0.128. The van der Waals surface area contributed by atoms with Crippen molar-refractivity contribution in [1.29, 1.82) is 0 Å². The fourth-order valence-corrected chi connectivity index (χ4v) is 2.56.